The van der Waals surface area contributed by atoms with Gasteiger partial charge >= 0.3 is 5.97 Å². The molecule has 2 rings (SSSR count). The molecular formula is C18H28N2O3. The smallest absolute Gasteiger partial charge is 0.337 e. The van der Waals surface area contributed by atoms with E-state index in [2.05, 4.69) is 10.1 Å². The summed E-state index contributed by atoms with van der Waals surface area (Å²) in [6.07, 6.45) is 3.58. The minimum absolute atomic E-state index is 0.0825. The minimum atomic E-state index is -0.357. The Morgan fingerprint density at radius 2 is 1.70 bits per heavy atom. The van der Waals surface area contributed by atoms with Gasteiger partial charge in [-0.2, -0.15) is 0 Å². The van der Waals surface area contributed by atoms with Gasteiger partial charge in [-0.1, -0.05) is 26.0 Å². The molecule has 0 radical (unpaired) electrons. The van der Waals surface area contributed by atoms with Gasteiger partial charge in [0.25, 0.3) is 0 Å². The Morgan fingerprint density at radius 1 is 1.13 bits per heavy atom. The molecular weight excluding hydrogens is 292 g/mol. The summed E-state index contributed by atoms with van der Waals surface area (Å²) in [6.45, 7) is 4.48. The number of nitrogens with two attached hydrogens (primary N) is 1. The number of hydrogen-bond donors (Lipinski definition) is 2. The summed E-state index contributed by atoms with van der Waals surface area (Å²) in [7, 11) is 1.35. The number of amides is 1. The first kappa shape index (κ1) is 19.2. The van der Waals surface area contributed by atoms with Crippen molar-refractivity contribution >= 4 is 11.9 Å². The summed E-state index contributed by atoms with van der Waals surface area (Å²) >= 11 is 0. The highest BCUT2D eigenvalue weighted by molar-refractivity contribution is 5.89. The third-order valence-electron chi connectivity index (χ3n) is 3.98. The second kappa shape index (κ2) is 10.0. The highest BCUT2D eigenvalue weighted by Crippen LogP contribution is 2.23. The normalized spacial score (nSPS) is 20.0. The largest absolute Gasteiger partial charge is 0.465 e. The molecule has 0 atom stereocenters. The molecule has 1 saturated carbocycles. The van der Waals surface area contributed by atoms with Crippen LogP contribution in [-0.2, 0) is 16.1 Å². The first-order valence-electron chi connectivity index (χ1n) is 8.30. The van der Waals surface area contributed by atoms with Crippen LogP contribution in [0.5, 0.6) is 0 Å². The van der Waals surface area contributed by atoms with E-state index < -0.39 is 0 Å². The zero-order valence-electron chi connectivity index (χ0n) is 14.3. The van der Waals surface area contributed by atoms with Crippen LogP contribution in [0.4, 0.5) is 0 Å². The van der Waals surface area contributed by atoms with Gasteiger partial charge in [0.1, 0.15) is 0 Å². The SMILES string of the molecule is CC.COC(=O)c1ccc(CNC(=O)C2CCC(N)CC2)cc1. The second-order valence-electron chi connectivity index (χ2n) is 5.52. The maximum absolute atomic E-state index is 12.1. The molecule has 0 bridgehead atoms. The van der Waals surface area contributed by atoms with E-state index in [4.69, 9.17) is 5.73 Å². The molecule has 3 N–H and O–H groups in total. The van der Waals surface area contributed by atoms with Gasteiger partial charge in [-0.15, -0.1) is 0 Å². The first-order valence-corrected chi connectivity index (χ1v) is 8.30. The lowest BCUT2D eigenvalue weighted by Crippen LogP contribution is -2.35. The molecule has 1 aromatic carbocycles. The fraction of sp³-hybridized carbons (Fsp3) is 0.556. The fourth-order valence-electron chi connectivity index (χ4n) is 2.59. The van der Waals surface area contributed by atoms with Gasteiger partial charge in [-0.05, 0) is 43.4 Å². The quantitative estimate of drug-likeness (QED) is 0.836. The van der Waals surface area contributed by atoms with Gasteiger partial charge in [0.05, 0.1) is 12.7 Å². The third-order valence-corrected chi connectivity index (χ3v) is 3.98. The number of hydrogen-bond acceptors (Lipinski definition) is 4. The molecule has 1 amide bonds. The van der Waals surface area contributed by atoms with Crippen molar-refractivity contribution in [3.63, 3.8) is 0 Å². The summed E-state index contributed by atoms with van der Waals surface area (Å²) in [5.41, 5.74) is 7.31. The topological polar surface area (TPSA) is 81.4 Å². The Balaban J connectivity index is 0.00000127. The van der Waals surface area contributed by atoms with Gasteiger partial charge in [0, 0.05) is 18.5 Å². The summed E-state index contributed by atoms with van der Waals surface area (Å²) in [5.74, 6) is -0.179. The van der Waals surface area contributed by atoms with Gasteiger partial charge in [-0.25, -0.2) is 4.79 Å². The molecule has 1 fully saturated rings. The molecule has 1 aliphatic carbocycles. The van der Waals surface area contributed by atoms with Crippen molar-refractivity contribution in [3.05, 3.63) is 35.4 Å². The van der Waals surface area contributed by atoms with E-state index in [1.807, 2.05) is 26.0 Å². The lowest BCUT2D eigenvalue weighted by molar-refractivity contribution is -0.126. The highest BCUT2D eigenvalue weighted by atomic mass is 16.5. The molecule has 128 valence electrons. The summed E-state index contributed by atoms with van der Waals surface area (Å²) in [4.78, 5) is 23.4. The van der Waals surface area contributed by atoms with Gasteiger partial charge in [-0.3, -0.25) is 4.79 Å². The maximum Gasteiger partial charge on any atom is 0.337 e. The van der Waals surface area contributed by atoms with Crippen LogP contribution < -0.4 is 11.1 Å². The van der Waals surface area contributed by atoms with E-state index in [1.54, 1.807) is 12.1 Å². The third kappa shape index (κ3) is 6.02. The van der Waals surface area contributed by atoms with Crippen LogP contribution in [0.3, 0.4) is 0 Å². The lowest BCUT2D eigenvalue weighted by Gasteiger charge is -2.25. The van der Waals surface area contributed by atoms with Crippen LogP contribution in [0.1, 0.15) is 55.5 Å². The number of benzene rings is 1. The van der Waals surface area contributed by atoms with Gasteiger partial charge in [0.15, 0.2) is 0 Å². The standard InChI is InChI=1S/C16H22N2O3.C2H6/c1-21-16(20)13-4-2-11(3-5-13)10-18-15(19)12-6-8-14(17)9-7-12;1-2/h2-5,12,14H,6-10,17H2,1H3,(H,18,19);1-2H3. The molecule has 0 heterocycles. The van der Waals surface area contributed by atoms with Crippen molar-refractivity contribution < 1.29 is 14.3 Å². The monoisotopic (exact) mass is 320 g/mol. The van der Waals surface area contributed by atoms with Crippen LogP contribution in [0.15, 0.2) is 24.3 Å². The van der Waals surface area contributed by atoms with E-state index in [9.17, 15) is 9.59 Å². The molecule has 0 saturated heterocycles. The van der Waals surface area contributed by atoms with Crippen molar-refractivity contribution in [1.82, 2.24) is 5.32 Å². The van der Waals surface area contributed by atoms with Crippen LogP contribution >= 0.6 is 0 Å². The molecule has 5 nitrogen and oxygen atoms in total. The Bertz CT molecular complexity index is 491. The molecule has 1 aliphatic rings. The van der Waals surface area contributed by atoms with Crippen molar-refractivity contribution in [3.8, 4) is 0 Å². The number of rotatable bonds is 4. The number of methoxy groups -OCH3 is 1. The van der Waals surface area contributed by atoms with Crippen molar-refractivity contribution in [1.29, 1.82) is 0 Å². The van der Waals surface area contributed by atoms with Crippen molar-refractivity contribution in [2.75, 3.05) is 7.11 Å². The molecule has 0 spiro atoms. The summed E-state index contributed by atoms with van der Waals surface area (Å²) in [6, 6.07) is 7.30. The second-order valence-corrected chi connectivity index (χ2v) is 5.52. The fourth-order valence-corrected chi connectivity index (χ4v) is 2.59. The summed E-state index contributed by atoms with van der Waals surface area (Å²) in [5, 5.41) is 2.95. The predicted octanol–water partition coefficient (Wildman–Crippen LogP) is 2.63. The lowest BCUT2D eigenvalue weighted by atomic mass is 9.86. The molecule has 5 heteroatoms. The average Bonchev–Trinajstić information content (AvgIpc) is 2.61. The highest BCUT2D eigenvalue weighted by Gasteiger charge is 2.24. The Labute approximate surface area is 138 Å². The van der Waals surface area contributed by atoms with Crippen molar-refractivity contribution in [2.45, 2.75) is 52.1 Å². The van der Waals surface area contributed by atoms with E-state index in [0.29, 0.717) is 12.1 Å². The Morgan fingerprint density at radius 3 is 2.22 bits per heavy atom. The molecule has 0 unspecified atom stereocenters. The number of nitrogens with one attached hydrogen (secondary N) is 1. The molecule has 1 aromatic rings. The zero-order valence-corrected chi connectivity index (χ0v) is 14.3. The Kier molecular flexibility index (Phi) is 8.33. The number of carbonyl (C=O) groups excluding carboxylic acids is 2. The van der Waals surface area contributed by atoms with Gasteiger partial charge < -0.3 is 15.8 Å². The van der Waals surface area contributed by atoms with E-state index >= 15 is 0 Å². The molecule has 23 heavy (non-hydrogen) atoms. The van der Waals surface area contributed by atoms with Crippen LogP contribution in [0.25, 0.3) is 0 Å². The number of ether oxygens (including phenoxy) is 1. The average molecular weight is 320 g/mol. The Hall–Kier alpha value is -1.88. The van der Waals surface area contributed by atoms with Crippen LogP contribution in [-0.4, -0.2) is 25.0 Å². The number of esters is 1. The first-order chi connectivity index (χ1) is 11.1. The zero-order chi connectivity index (χ0) is 17.2. The van der Waals surface area contributed by atoms with Crippen molar-refractivity contribution in [2.24, 2.45) is 11.7 Å². The van der Waals surface area contributed by atoms with E-state index in [-0.39, 0.29) is 23.8 Å². The maximum atomic E-state index is 12.1. The summed E-state index contributed by atoms with van der Waals surface area (Å²) < 4.78 is 4.64. The molecule has 0 aliphatic heterocycles. The van der Waals surface area contributed by atoms with Gasteiger partial charge in [0.2, 0.25) is 5.91 Å². The predicted molar refractivity (Wildman–Crippen MR) is 90.9 cm³/mol. The molecule has 0 aromatic heterocycles. The van der Waals surface area contributed by atoms with Crippen LogP contribution in [0, 0.1) is 5.92 Å². The van der Waals surface area contributed by atoms with E-state index in [0.717, 1.165) is 31.2 Å². The van der Waals surface area contributed by atoms with Crippen LogP contribution in [0.2, 0.25) is 0 Å². The minimum Gasteiger partial charge on any atom is -0.465 e. The number of carbonyl (C=O) groups is 2. The van der Waals surface area contributed by atoms with E-state index in [1.165, 1.54) is 7.11 Å².